The number of benzene rings is 3. The molecule has 3 aliphatic heterocycles. The maximum atomic E-state index is 15.5. The third-order valence-electron chi connectivity index (χ3n) is 15.1. The molecule has 3 saturated heterocycles. The van der Waals surface area contributed by atoms with Gasteiger partial charge in [-0.15, -0.1) is 11.3 Å². The van der Waals surface area contributed by atoms with E-state index >= 15 is 8.78 Å². The van der Waals surface area contributed by atoms with Gasteiger partial charge in [0, 0.05) is 88.0 Å². The van der Waals surface area contributed by atoms with Gasteiger partial charge in [-0.2, -0.15) is 5.10 Å². The number of ether oxygens (including phenoxy) is 1. The molecule has 3 aliphatic rings. The van der Waals surface area contributed by atoms with Crippen molar-refractivity contribution in [1.82, 2.24) is 50.1 Å². The average Bonchev–Trinajstić information content (AvgIpc) is 4.23. The summed E-state index contributed by atoms with van der Waals surface area (Å²) in [5, 5.41) is 21.2. The molecule has 0 saturated carbocycles. The Balaban J connectivity index is 0.686. The largest absolute Gasteiger partial charge is 0.391 e. The number of rotatable bonds is 19. The molecule has 0 radical (unpaired) electrons. The number of halogens is 2. The smallest absolute Gasteiger partial charge is 0.246 e. The van der Waals surface area contributed by atoms with Gasteiger partial charge in [0.05, 0.1) is 70.6 Å². The van der Waals surface area contributed by atoms with Crippen molar-refractivity contribution in [2.24, 2.45) is 5.41 Å². The van der Waals surface area contributed by atoms with Crippen molar-refractivity contribution < 1.29 is 37.8 Å². The highest BCUT2D eigenvalue weighted by molar-refractivity contribution is 7.13. The summed E-state index contributed by atoms with van der Waals surface area (Å²) >= 11 is 1.57. The highest BCUT2D eigenvalue weighted by Crippen LogP contribution is 2.33. The summed E-state index contributed by atoms with van der Waals surface area (Å²) in [6.45, 7) is 11.6. The summed E-state index contributed by atoms with van der Waals surface area (Å²) in [5.41, 5.74) is 7.58. The van der Waals surface area contributed by atoms with Gasteiger partial charge < -0.3 is 30.3 Å². The minimum atomic E-state index is -0.892. The van der Waals surface area contributed by atoms with Crippen LogP contribution < -0.4 is 10.6 Å². The number of piperidine rings is 1. The van der Waals surface area contributed by atoms with E-state index in [2.05, 4.69) is 25.7 Å². The molecule has 3 atom stereocenters. The molecule has 408 valence electrons. The number of para-hydroxylation sites is 1. The minimum absolute atomic E-state index is 0.00713. The number of unbranched alkanes of at least 4 members (excludes halogenated alkanes) is 4. The summed E-state index contributed by atoms with van der Waals surface area (Å²) in [6, 6.07) is 14.4. The first kappa shape index (κ1) is 55.2. The molecule has 3 fully saturated rings. The van der Waals surface area contributed by atoms with Crippen molar-refractivity contribution in [2.45, 2.75) is 129 Å². The van der Waals surface area contributed by atoms with Crippen LogP contribution in [-0.4, -0.2) is 132 Å². The topological polar surface area (TPSA) is 188 Å². The number of aryl methyl sites for hydroxylation is 1. The molecule has 0 spiro atoms. The second-order valence-electron chi connectivity index (χ2n) is 21.8. The van der Waals surface area contributed by atoms with E-state index < -0.39 is 41.1 Å². The number of aliphatic hydroxyl groups is 1. The van der Waals surface area contributed by atoms with Gasteiger partial charge in [0.1, 0.15) is 23.7 Å². The Morgan fingerprint density at radius 1 is 0.870 bits per heavy atom. The number of likely N-dealkylation sites (tertiary alicyclic amines) is 2. The number of carbonyl (C=O) groups excluding carboxylic acids is 4. The van der Waals surface area contributed by atoms with E-state index in [9.17, 15) is 24.3 Å². The quantitative estimate of drug-likeness (QED) is 0.0661. The van der Waals surface area contributed by atoms with Gasteiger partial charge in [-0.05, 0) is 72.9 Å². The number of fused-ring (bicyclic) bond motifs is 1. The van der Waals surface area contributed by atoms with E-state index in [0.29, 0.717) is 80.1 Å². The van der Waals surface area contributed by atoms with Gasteiger partial charge in [-0.25, -0.2) is 18.7 Å². The van der Waals surface area contributed by atoms with E-state index in [4.69, 9.17) is 9.72 Å². The van der Waals surface area contributed by atoms with Crippen molar-refractivity contribution in [3.63, 3.8) is 0 Å². The Morgan fingerprint density at radius 3 is 2.29 bits per heavy atom. The predicted molar refractivity (Wildman–Crippen MR) is 291 cm³/mol. The van der Waals surface area contributed by atoms with Gasteiger partial charge in [-0.3, -0.25) is 33.7 Å². The monoisotopic (exact) mass is 1070 g/mol. The molecule has 3 N–H and O–H groups in total. The molecule has 6 heterocycles. The van der Waals surface area contributed by atoms with E-state index in [-0.39, 0.29) is 61.8 Å². The number of hydrogen-bond acceptors (Lipinski definition) is 12. The van der Waals surface area contributed by atoms with E-state index in [1.165, 1.54) is 17.0 Å². The van der Waals surface area contributed by atoms with Crippen LogP contribution in [0.1, 0.15) is 108 Å². The summed E-state index contributed by atoms with van der Waals surface area (Å²) in [7, 11) is 0. The first-order valence-corrected chi connectivity index (χ1v) is 27.9. The van der Waals surface area contributed by atoms with Crippen LogP contribution in [0.3, 0.4) is 0 Å². The molecular weight excluding hydrogens is 1000 g/mol. The van der Waals surface area contributed by atoms with Crippen LogP contribution in [-0.2, 0) is 37.0 Å². The van der Waals surface area contributed by atoms with Crippen molar-refractivity contribution in [1.29, 1.82) is 0 Å². The highest BCUT2D eigenvalue weighted by Gasteiger charge is 2.44. The number of hydrogen-bond donors (Lipinski definition) is 3. The lowest BCUT2D eigenvalue weighted by atomic mass is 9.85. The van der Waals surface area contributed by atoms with E-state index in [1.807, 2.05) is 84.2 Å². The van der Waals surface area contributed by atoms with E-state index in [1.54, 1.807) is 35.9 Å². The van der Waals surface area contributed by atoms with Crippen LogP contribution in [0.4, 0.5) is 8.78 Å². The first-order valence-electron chi connectivity index (χ1n) is 27.0. The van der Waals surface area contributed by atoms with Gasteiger partial charge in [0.25, 0.3) is 0 Å². The molecule has 0 aliphatic carbocycles. The number of morpholine rings is 1. The van der Waals surface area contributed by atoms with E-state index in [0.717, 1.165) is 65.8 Å². The summed E-state index contributed by atoms with van der Waals surface area (Å²) in [5.74, 6) is -2.06. The molecule has 19 heteroatoms. The Kier molecular flexibility index (Phi) is 17.8. The Labute approximate surface area is 452 Å². The standard InChI is InChI=1S/C58H70F2N10O6S/c1-37-54(77-36-63-37)39-17-15-38(16-18-39)30-62-56(74)50-29-43(71)34-69(50)57(75)55(58(2,3)4)66-51(72)13-8-6-5-7-9-14-52(73)68-21-19-42(20-22-68)70-33-41(31-64-70)49-32-61-48-12-10-11-44(53(48)65-49)40-27-46(59)45(47(60)28-40)35-67-23-25-76-26-24-67/h10-12,15-18,27-28,31-33,36,42-43,50,55,71H,5-9,13-14,19-26,29-30,34-35H2,1-4H3,(H,62,74)(H,66,72)/t43-,50+,55-/m1/s1. The molecule has 0 bridgehead atoms. The van der Waals surface area contributed by atoms with Crippen molar-refractivity contribution in [2.75, 3.05) is 45.9 Å². The predicted octanol–water partition coefficient (Wildman–Crippen LogP) is 8.41. The fraction of sp³-hybridized carbons (Fsp3) is 0.483. The fourth-order valence-corrected chi connectivity index (χ4v) is 11.4. The van der Waals surface area contributed by atoms with Crippen LogP contribution in [0.5, 0.6) is 0 Å². The molecule has 16 nitrogen and oxygen atoms in total. The maximum Gasteiger partial charge on any atom is 0.246 e. The zero-order valence-corrected chi connectivity index (χ0v) is 45.3. The lowest BCUT2D eigenvalue weighted by Gasteiger charge is -2.35. The molecule has 77 heavy (non-hydrogen) atoms. The van der Waals surface area contributed by atoms with Crippen molar-refractivity contribution in [3.05, 3.63) is 107 Å². The Morgan fingerprint density at radius 2 is 1.58 bits per heavy atom. The van der Waals surface area contributed by atoms with Crippen molar-refractivity contribution >= 4 is 46.0 Å². The van der Waals surface area contributed by atoms with Crippen molar-refractivity contribution in [3.8, 4) is 32.8 Å². The maximum absolute atomic E-state index is 15.5. The minimum Gasteiger partial charge on any atom is -0.391 e. The molecule has 4 amide bonds. The Bertz CT molecular complexity index is 3010. The van der Waals surface area contributed by atoms with Crippen LogP contribution >= 0.6 is 11.3 Å². The molecule has 6 aromatic rings. The molecular formula is C58H70F2N10O6S. The number of carbonyl (C=O) groups is 4. The van der Waals surface area contributed by atoms with Gasteiger partial charge in [-0.1, -0.05) is 76.4 Å². The lowest BCUT2D eigenvalue weighted by Crippen LogP contribution is -2.57. The number of thiazole rings is 1. The summed E-state index contributed by atoms with van der Waals surface area (Å²) in [6.07, 6.45) is 10.8. The normalized spacial score (nSPS) is 18.0. The van der Waals surface area contributed by atoms with Gasteiger partial charge in [0.2, 0.25) is 23.6 Å². The molecule has 0 unspecified atom stereocenters. The zero-order chi connectivity index (χ0) is 54.2. The third-order valence-corrected chi connectivity index (χ3v) is 16.1. The summed E-state index contributed by atoms with van der Waals surface area (Å²) in [4.78, 5) is 74.4. The van der Waals surface area contributed by atoms with Crippen LogP contribution in [0.15, 0.2) is 78.7 Å². The SMILES string of the molecule is Cc1ncsc1-c1ccc(CNC(=O)[C@@H]2C[C@@H](O)CN2C(=O)[C@@H](NC(=O)CCCCCCCC(=O)N2CCC(n3cc(-c4cnc5cccc(-c6cc(F)c(CN7CCOCC7)c(F)c6)c5n4)cn3)CC2)C(C)(C)C)cc1. The Hall–Kier alpha value is -6.54. The van der Waals surface area contributed by atoms with Crippen LogP contribution in [0.25, 0.3) is 43.9 Å². The number of amides is 4. The molecule has 3 aromatic heterocycles. The average molecular weight is 1070 g/mol. The second-order valence-corrected chi connectivity index (χ2v) is 22.6. The number of nitrogens with one attached hydrogen (secondary N) is 2. The van der Waals surface area contributed by atoms with Gasteiger partial charge >= 0.3 is 0 Å². The lowest BCUT2D eigenvalue weighted by molar-refractivity contribution is -0.144. The van der Waals surface area contributed by atoms with Gasteiger partial charge in [0.15, 0.2) is 0 Å². The summed E-state index contributed by atoms with van der Waals surface area (Å²) < 4.78 is 38.2. The number of aliphatic hydroxyl groups excluding tert-OH is 1. The van der Waals surface area contributed by atoms with Crippen LogP contribution in [0.2, 0.25) is 0 Å². The van der Waals surface area contributed by atoms with Crippen LogP contribution in [0, 0.1) is 24.0 Å². The molecule has 9 rings (SSSR count). The first-order chi connectivity index (χ1) is 37.1. The number of β-amino-alcohol motifs (C(OH)–C–C–N with tert-alkyl or cyclic N) is 1. The fourth-order valence-electron chi connectivity index (χ4n) is 10.6. The second kappa shape index (κ2) is 24.8. The third kappa shape index (κ3) is 13.6. The number of nitrogens with zero attached hydrogens (tertiary/aromatic N) is 8. The highest BCUT2D eigenvalue weighted by atomic mass is 32.1. The molecule has 3 aromatic carbocycles. The number of aromatic nitrogens is 5. The zero-order valence-electron chi connectivity index (χ0n) is 44.5.